The van der Waals surface area contributed by atoms with Gasteiger partial charge in [-0.25, -0.2) is 0 Å². The number of rotatable bonds is 5. The van der Waals surface area contributed by atoms with Crippen molar-refractivity contribution in [1.29, 1.82) is 0 Å². The van der Waals surface area contributed by atoms with E-state index in [4.69, 9.17) is 5.73 Å². The van der Waals surface area contributed by atoms with Crippen molar-refractivity contribution in [2.75, 3.05) is 0 Å². The van der Waals surface area contributed by atoms with Crippen molar-refractivity contribution in [3.05, 3.63) is 71.8 Å². The minimum atomic E-state index is -0.574. The van der Waals surface area contributed by atoms with Crippen LogP contribution in [-0.2, 0) is 11.3 Å². The minimum absolute atomic E-state index is 0.0209. The third kappa shape index (κ3) is 3.31. The molecule has 2 N–H and O–H groups in total. The molecule has 2 aromatic rings. The molecule has 0 saturated heterocycles. The molecular weight excluding hydrogens is 260 g/mol. The Bertz CT molecular complexity index is 593. The summed E-state index contributed by atoms with van der Waals surface area (Å²) in [6.07, 6.45) is 2.17. The molecule has 0 unspecified atom stereocenters. The highest BCUT2D eigenvalue weighted by Gasteiger charge is 2.35. The van der Waals surface area contributed by atoms with Crippen LogP contribution in [0.5, 0.6) is 0 Å². The second kappa shape index (κ2) is 6.10. The molecule has 1 atom stereocenters. The summed E-state index contributed by atoms with van der Waals surface area (Å²) in [5.74, 6) is 0.0209. The number of amides is 1. The second-order valence-electron chi connectivity index (χ2n) is 5.57. The average molecular weight is 280 g/mol. The molecule has 2 aromatic carbocycles. The van der Waals surface area contributed by atoms with Crippen molar-refractivity contribution in [2.45, 2.75) is 31.5 Å². The monoisotopic (exact) mass is 280 g/mol. The summed E-state index contributed by atoms with van der Waals surface area (Å²) >= 11 is 0. The third-order valence-electron chi connectivity index (χ3n) is 3.89. The van der Waals surface area contributed by atoms with E-state index in [1.54, 1.807) is 0 Å². The molecule has 108 valence electrons. The highest BCUT2D eigenvalue weighted by molar-refractivity contribution is 5.83. The number of hydrogen-bond donors (Lipinski definition) is 1. The summed E-state index contributed by atoms with van der Waals surface area (Å²) in [5.41, 5.74) is 8.19. The van der Waals surface area contributed by atoms with Gasteiger partial charge in [-0.1, -0.05) is 60.7 Å². The summed E-state index contributed by atoms with van der Waals surface area (Å²) in [6, 6.07) is 19.5. The lowest BCUT2D eigenvalue weighted by atomic mass is 10.1. The first kappa shape index (κ1) is 13.8. The predicted octanol–water partition coefficient (Wildman–Crippen LogP) is 2.88. The summed E-state index contributed by atoms with van der Waals surface area (Å²) in [6.45, 7) is 0.644. The van der Waals surface area contributed by atoms with E-state index in [9.17, 15) is 4.79 Å². The smallest absolute Gasteiger partial charge is 0.244 e. The maximum Gasteiger partial charge on any atom is 0.244 e. The molecule has 0 radical (unpaired) electrons. The highest BCUT2D eigenvalue weighted by Crippen LogP contribution is 2.30. The lowest BCUT2D eigenvalue weighted by Crippen LogP contribution is -2.39. The zero-order chi connectivity index (χ0) is 14.7. The van der Waals surface area contributed by atoms with Crippen molar-refractivity contribution in [2.24, 2.45) is 5.73 Å². The lowest BCUT2D eigenvalue weighted by Gasteiger charge is -2.26. The van der Waals surface area contributed by atoms with Crippen LogP contribution in [0.3, 0.4) is 0 Å². The summed E-state index contributed by atoms with van der Waals surface area (Å²) < 4.78 is 0. The first-order chi connectivity index (χ1) is 10.3. The van der Waals surface area contributed by atoms with Crippen LogP contribution in [0.25, 0.3) is 0 Å². The molecule has 0 spiro atoms. The molecule has 3 heteroatoms. The van der Waals surface area contributed by atoms with E-state index in [0.29, 0.717) is 12.6 Å². The van der Waals surface area contributed by atoms with Gasteiger partial charge in [-0.3, -0.25) is 4.79 Å². The Morgan fingerprint density at radius 3 is 2.19 bits per heavy atom. The van der Waals surface area contributed by atoms with Crippen molar-refractivity contribution < 1.29 is 4.79 Å². The Labute approximate surface area is 125 Å². The number of carbonyl (C=O) groups is 1. The molecule has 0 bridgehead atoms. The van der Waals surface area contributed by atoms with Gasteiger partial charge in [0.1, 0.15) is 6.04 Å². The van der Waals surface area contributed by atoms with Gasteiger partial charge in [-0.05, 0) is 24.0 Å². The fraction of sp³-hybridized carbons (Fsp3) is 0.278. The lowest BCUT2D eigenvalue weighted by molar-refractivity contribution is -0.134. The normalized spacial score (nSPS) is 15.5. The van der Waals surface area contributed by atoms with Crippen LogP contribution in [-0.4, -0.2) is 16.8 Å². The summed E-state index contributed by atoms with van der Waals surface area (Å²) in [7, 11) is 0. The Morgan fingerprint density at radius 1 is 1.05 bits per heavy atom. The number of nitrogens with zero attached hydrogens (tertiary/aromatic N) is 1. The summed E-state index contributed by atoms with van der Waals surface area (Å²) in [5, 5.41) is 0. The zero-order valence-electron chi connectivity index (χ0n) is 12.0. The first-order valence-electron chi connectivity index (χ1n) is 7.40. The van der Waals surface area contributed by atoms with Crippen molar-refractivity contribution >= 4 is 5.91 Å². The van der Waals surface area contributed by atoms with Gasteiger partial charge < -0.3 is 10.6 Å². The van der Waals surface area contributed by atoms with Crippen LogP contribution in [0, 0.1) is 0 Å². The van der Waals surface area contributed by atoms with Gasteiger partial charge in [0.25, 0.3) is 0 Å². The zero-order valence-corrected chi connectivity index (χ0v) is 12.0. The third-order valence-corrected chi connectivity index (χ3v) is 3.89. The largest absolute Gasteiger partial charge is 0.334 e. The molecule has 1 fully saturated rings. The van der Waals surface area contributed by atoms with Crippen molar-refractivity contribution in [1.82, 2.24) is 4.90 Å². The Kier molecular flexibility index (Phi) is 4.02. The molecule has 3 nitrogen and oxygen atoms in total. The summed E-state index contributed by atoms with van der Waals surface area (Å²) in [4.78, 5) is 14.7. The molecule has 1 saturated carbocycles. The SMILES string of the molecule is N[C@@H](C(=O)N(Cc1ccccc1)C1CC1)c1ccccc1. The fourth-order valence-electron chi connectivity index (χ4n) is 2.53. The van der Waals surface area contributed by atoms with Crippen LogP contribution in [0.4, 0.5) is 0 Å². The minimum Gasteiger partial charge on any atom is -0.334 e. The van der Waals surface area contributed by atoms with Gasteiger partial charge in [0.2, 0.25) is 5.91 Å². The van der Waals surface area contributed by atoms with Gasteiger partial charge in [0, 0.05) is 12.6 Å². The van der Waals surface area contributed by atoms with Gasteiger partial charge in [-0.2, -0.15) is 0 Å². The van der Waals surface area contributed by atoms with Crippen LogP contribution >= 0.6 is 0 Å². The van der Waals surface area contributed by atoms with E-state index in [-0.39, 0.29) is 5.91 Å². The van der Waals surface area contributed by atoms with Crippen molar-refractivity contribution in [3.8, 4) is 0 Å². The van der Waals surface area contributed by atoms with Crippen LogP contribution in [0.1, 0.15) is 30.0 Å². The van der Waals surface area contributed by atoms with Crippen molar-refractivity contribution in [3.63, 3.8) is 0 Å². The topological polar surface area (TPSA) is 46.3 Å². The van der Waals surface area contributed by atoms with Crippen LogP contribution < -0.4 is 5.73 Å². The Morgan fingerprint density at radius 2 is 1.62 bits per heavy atom. The molecule has 21 heavy (non-hydrogen) atoms. The number of hydrogen-bond acceptors (Lipinski definition) is 2. The van der Waals surface area contributed by atoms with Gasteiger partial charge in [0.15, 0.2) is 0 Å². The molecule has 0 heterocycles. The van der Waals surface area contributed by atoms with E-state index in [1.807, 2.05) is 53.4 Å². The van der Waals surface area contributed by atoms with E-state index in [1.165, 1.54) is 0 Å². The maximum absolute atomic E-state index is 12.7. The van der Waals surface area contributed by atoms with Crippen LogP contribution in [0.2, 0.25) is 0 Å². The number of benzene rings is 2. The van der Waals surface area contributed by atoms with E-state index < -0.39 is 6.04 Å². The van der Waals surface area contributed by atoms with E-state index in [0.717, 1.165) is 24.0 Å². The molecule has 0 aromatic heterocycles. The first-order valence-corrected chi connectivity index (χ1v) is 7.40. The molecular formula is C18H20N2O. The van der Waals surface area contributed by atoms with E-state index >= 15 is 0 Å². The standard InChI is InChI=1S/C18H20N2O/c19-17(15-9-5-2-6-10-15)18(21)20(16-11-12-16)13-14-7-3-1-4-8-14/h1-10,16-17H,11-13,19H2/t17-/m1/s1. The van der Waals surface area contributed by atoms with Gasteiger partial charge >= 0.3 is 0 Å². The fourth-order valence-corrected chi connectivity index (χ4v) is 2.53. The number of nitrogens with two attached hydrogens (primary N) is 1. The number of carbonyl (C=O) groups excluding carboxylic acids is 1. The quantitative estimate of drug-likeness (QED) is 0.915. The molecule has 1 aliphatic rings. The van der Waals surface area contributed by atoms with E-state index in [2.05, 4.69) is 12.1 Å². The van der Waals surface area contributed by atoms with Gasteiger partial charge in [0.05, 0.1) is 0 Å². The maximum atomic E-state index is 12.7. The highest BCUT2D eigenvalue weighted by atomic mass is 16.2. The second-order valence-corrected chi connectivity index (χ2v) is 5.57. The van der Waals surface area contributed by atoms with Gasteiger partial charge in [-0.15, -0.1) is 0 Å². The predicted molar refractivity (Wildman–Crippen MR) is 83.4 cm³/mol. The average Bonchev–Trinajstić information content (AvgIpc) is 3.38. The molecule has 1 amide bonds. The Balaban J connectivity index is 1.76. The molecule has 1 aliphatic carbocycles. The molecule has 0 aliphatic heterocycles. The Hall–Kier alpha value is -2.13. The molecule has 3 rings (SSSR count). The van der Waals surface area contributed by atoms with Crippen LogP contribution in [0.15, 0.2) is 60.7 Å².